The zero-order chi connectivity index (χ0) is 16.7. The smallest absolute Gasteiger partial charge is 0.220 e. The first kappa shape index (κ1) is 15.3. The standard InChI is InChI=1S/C18H18ClN5/c1-11-3-2-4-12-7-13(17(19)23-16(11)12)9-24-6-5-15-14(10-24)8-21-18(20)22-15/h2-4,7-8H,5-6,9-10H2,1H3,(H2,20,21,22). The first-order chi connectivity index (χ1) is 11.6. The Balaban J connectivity index is 1.61. The van der Waals surface area contributed by atoms with E-state index >= 15 is 0 Å². The van der Waals surface area contributed by atoms with Crippen LogP contribution in [0, 0.1) is 6.92 Å². The number of hydrogen-bond donors (Lipinski definition) is 1. The molecule has 2 aromatic heterocycles. The fourth-order valence-corrected chi connectivity index (χ4v) is 3.44. The Bertz CT molecular complexity index is 925. The fourth-order valence-electron chi connectivity index (χ4n) is 3.24. The van der Waals surface area contributed by atoms with Gasteiger partial charge in [0.15, 0.2) is 0 Å². The van der Waals surface area contributed by atoms with Crippen molar-refractivity contribution in [1.82, 2.24) is 19.9 Å². The highest BCUT2D eigenvalue weighted by atomic mass is 35.5. The third-order valence-corrected chi connectivity index (χ3v) is 4.83. The molecule has 0 fully saturated rings. The van der Waals surface area contributed by atoms with E-state index in [1.54, 1.807) is 0 Å². The Hall–Kier alpha value is -2.24. The number of nitrogens with two attached hydrogens (primary N) is 1. The van der Waals surface area contributed by atoms with E-state index in [4.69, 9.17) is 17.3 Å². The van der Waals surface area contributed by atoms with Crippen molar-refractivity contribution in [3.05, 3.63) is 58.0 Å². The number of fused-ring (bicyclic) bond motifs is 2. The van der Waals surface area contributed by atoms with Crippen LogP contribution < -0.4 is 5.73 Å². The molecule has 6 heteroatoms. The maximum Gasteiger partial charge on any atom is 0.220 e. The fraction of sp³-hybridized carbons (Fsp3) is 0.278. The molecule has 1 aromatic carbocycles. The molecule has 3 heterocycles. The lowest BCUT2D eigenvalue weighted by Gasteiger charge is -2.28. The molecule has 0 saturated carbocycles. The number of aryl methyl sites for hydroxylation is 1. The molecule has 0 saturated heterocycles. The van der Waals surface area contributed by atoms with Crippen molar-refractivity contribution in [3.8, 4) is 0 Å². The zero-order valence-corrected chi connectivity index (χ0v) is 14.2. The number of aromatic nitrogens is 3. The quantitative estimate of drug-likeness (QED) is 0.726. The van der Waals surface area contributed by atoms with Crippen LogP contribution in [0.15, 0.2) is 30.5 Å². The van der Waals surface area contributed by atoms with Crippen molar-refractivity contribution in [1.29, 1.82) is 0 Å². The Kier molecular flexibility index (Phi) is 3.82. The highest BCUT2D eigenvalue weighted by molar-refractivity contribution is 6.30. The molecule has 0 amide bonds. The molecule has 4 rings (SSSR count). The lowest BCUT2D eigenvalue weighted by atomic mass is 10.1. The van der Waals surface area contributed by atoms with Gasteiger partial charge in [-0.15, -0.1) is 0 Å². The Morgan fingerprint density at radius 1 is 1.29 bits per heavy atom. The molecule has 0 bridgehead atoms. The van der Waals surface area contributed by atoms with Crippen LogP contribution in [-0.4, -0.2) is 26.4 Å². The van der Waals surface area contributed by atoms with Crippen LogP contribution in [0.1, 0.15) is 22.4 Å². The van der Waals surface area contributed by atoms with Crippen molar-refractivity contribution in [2.45, 2.75) is 26.4 Å². The summed E-state index contributed by atoms with van der Waals surface area (Å²) < 4.78 is 0. The van der Waals surface area contributed by atoms with Crippen LogP contribution in [-0.2, 0) is 19.5 Å². The molecular formula is C18H18ClN5. The molecule has 24 heavy (non-hydrogen) atoms. The van der Waals surface area contributed by atoms with E-state index in [-0.39, 0.29) is 0 Å². The van der Waals surface area contributed by atoms with Gasteiger partial charge in [-0.1, -0.05) is 29.8 Å². The molecule has 0 atom stereocenters. The van der Waals surface area contributed by atoms with E-state index in [0.717, 1.165) is 59.3 Å². The molecule has 122 valence electrons. The van der Waals surface area contributed by atoms with Gasteiger partial charge in [0.05, 0.1) is 11.2 Å². The molecule has 1 aliphatic heterocycles. The van der Waals surface area contributed by atoms with E-state index in [9.17, 15) is 0 Å². The third-order valence-electron chi connectivity index (χ3n) is 4.50. The van der Waals surface area contributed by atoms with Crippen LogP contribution in [0.2, 0.25) is 5.15 Å². The summed E-state index contributed by atoms with van der Waals surface area (Å²) in [7, 11) is 0. The minimum absolute atomic E-state index is 0.347. The van der Waals surface area contributed by atoms with E-state index in [1.807, 2.05) is 6.20 Å². The molecule has 0 spiro atoms. The Morgan fingerprint density at radius 2 is 2.17 bits per heavy atom. The normalized spacial score (nSPS) is 14.8. The van der Waals surface area contributed by atoms with E-state index in [2.05, 4.69) is 51.0 Å². The van der Waals surface area contributed by atoms with Gasteiger partial charge in [0.1, 0.15) is 5.15 Å². The summed E-state index contributed by atoms with van der Waals surface area (Å²) in [6.45, 7) is 4.54. The van der Waals surface area contributed by atoms with Gasteiger partial charge in [-0.3, -0.25) is 4.90 Å². The summed E-state index contributed by atoms with van der Waals surface area (Å²) in [5.41, 5.74) is 11.0. The number of nitrogen functional groups attached to an aromatic ring is 1. The highest BCUT2D eigenvalue weighted by Gasteiger charge is 2.19. The van der Waals surface area contributed by atoms with Crippen molar-refractivity contribution < 1.29 is 0 Å². The largest absolute Gasteiger partial charge is 0.368 e. The summed E-state index contributed by atoms with van der Waals surface area (Å²) in [5, 5.41) is 1.71. The molecule has 0 aliphatic carbocycles. The molecule has 0 radical (unpaired) electrons. The van der Waals surface area contributed by atoms with Crippen molar-refractivity contribution in [2.24, 2.45) is 0 Å². The summed E-state index contributed by atoms with van der Waals surface area (Å²) in [6, 6.07) is 8.33. The number of halogens is 1. The second kappa shape index (κ2) is 6.00. The average molecular weight is 340 g/mol. The van der Waals surface area contributed by atoms with E-state index in [0.29, 0.717) is 11.1 Å². The van der Waals surface area contributed by atoms with Crippen LogP contribution in [0.4, 0.5) is 5.95 Å². The summed E-state index contributed by atoms with van der Waals surface area (Å²) in [5.74, 6) is 0.347. The van der Waals surface area contributed by atoms with Crippen molar-refractivity contribution in [2.75, 3.05) is 12.3 Å². The SMILES string of the molecule is Cc1cccc2cc(CN3CCc4nc(N)ncc4C3)c(Cl)nc12. The summed E-state index contributed by atoms with van der Waals surface area (Å²) >= 11 is 6.44. The van der Waals surface area contributed by atoms with Gasteiger partial charge in [-0.2, -0.15) is 0 Å². The average Bonchev–Trinajstić information content (AvgIpc) is 2.57. The molecular weight excluding hydrogens is 322 g/mol. The molecule has 1 aliphatic rings. The number of benzene rings is 1. The number of para-hydroxylation sites is 1. The predicted octanol–water partition coefficient (Wildman–Crippen LogP) is 3.13. The summed E-state index contributed by atoms with van der Waals surface area (Å²) in [6.07, 6.45) is 2.70. The highest BCUT2D eigenvalue weighted by Crippen LogP contribution is 2.26. The van der Waals surface area contributed by atoms with Crippen LogP contribution in [0.3, 0.4) is 0 Å². The van der Waals surface area contributed by atoms with Crippen molar-refractivity contribution in [3.63, 3.8) is 0 Å². The molecule has 0 unspecified atom stereocenters. The van der Waals surface area contributed by atoms with Gasteiger partial charge in [0.2, 0.25) is 5.95 Å². The monoisotopic (exact) mass is 339 g/mol. The van der Waals surface area contributed by atoms with E-state index in [1.165, 1.54) is 0 Å². The second-order valence-electron chi connectivity index (χ2n) is 6.25. The molecule has 2 N–H and O–H groups in total. The molecule has 5 nitrogen and oxygen atoms in total. The number of anilines is 1. The zero-order valence-electron chi connectivity index (χ0n) is 13.5. The minimum atomic E-state index is 0.347. The van der Waals surface area contributed by atoms with E-state index < -0.39 is 0 Å². The second-order valence-corrected chi connectivity index (χ2v) is 6.60. The van der Waals surface area contributed by atoms with Gasteiger partial charge >= 0.3 is 0 Å². The maximum absolute atomic E-state index is 6.44. The van der Waals surface area contributed by atoms with Crippen molar-refractivity contribution >= 4 is 28.5 Å². The lowest BCUT2D eigenvalue weighted by Crippen LogP contribution is -2.31. The number of rotatable bonds is 2. The van der Waals surface area contributed by atoms with Gasteiger partial charge in [0, 0.05) is 48.8 Å². The summed E-state index contributed by atoms with van der Waals surface area (Å²) in [4.78, 5) is 15.4. The predicted molar refractivity (Wildman–Crippen MR) is 95.8 cm³/mol. The molecule has 3 aromatic rings. The van der Waals surface area contributed by atoms with Gasteiger partial charge < -0.3 is 5.73 Å². The lowest BCUT2D eigenvalue weighted by molar-refractivity contribution is 0.243. The van der Waals surface area contributed by atoms with Gasteiger partial charge in [-0.05, 0) is 18.6 Å². The number of nitrogens with zero attached hydrogens (tertiary/aromatic N) is 4. The van der Waals surface area contributed by atoms with Crippen LogP contribution in [0.5, 0.6) is 0 Å². The van der Waals surface area contributed by atoms with Gasteiger partial charge in [0.25, 0.3) is 0 Å². The van der Waals surface area contributed by atoms with Crippen LogP contribution >= 0.6 is 11.6 Å². The van der Waals surface area contributed by atoms with Crippen LogP contribution in [0.25, 0.3) is 10.9 Å². The first-order valence-corrected chi connectivity index (χ1v) is 8.35. The third kappa shape index (κ3) is 2.81. The van der Waals surface area contributed by atoms with Gasteiger partial charge in [-0.25, -0.2) is 15.0 Å². The minimum Gasteiger partial charge on any atom is -0.368 e. The Labute approximate surface area is 145 Å². The number of pyridine rings is 1. The maximum atomic E-state index is 6.44. The first-order valence-electron chi connectivity index (χ1n) is 7.97. The number of hydrogen-bond acceptors (Lipinski definition) is 5. The topological polar surface area (TPSA) is 67.9 Å². The Morgan fingerprint density at radius 3 is 3.04 bits per heavy atom.